The summed E-state index contributed by atoms with van der Waals surface area (Å²) < 4.78 is 25.8. The third-order valence-corrected chi connectivity index (χ3v) is 3.93. The first-order chi connectivity index (χ1) is 7.36. The van der Waals surface area contributed by atoms with Crippen molar-refractivity contribution in [3.05, 3.63) is 28.8 Å². The molecule has 0 aromatic heterocycles. The highest BCUT2D eigenvalue weighted by molar-refractivity contribution is 7.89. The van der Waals surface area contributed by atoms with Gasteiger partial charge in [0.1, 0.15) is 6.04 Å². The van der Waals surface area contributed by atoms with Gasteiger partial charge in [-0.25, -0.2) is 8.42 Å². The van der Waals surface area contributed by atoms with E-state index in [1.54, 1.807) is 13.0 Å². The topological polar surface area (TPSA) is 70.0 Å². The van der Waals surface area contributed by atoms with E-state index in [0.29, 0.717) is 10.6 Å². The normalized spacial score (nSPS) is 13.1. The van der Waals surface area contributed by atoms with Crippen molar-refractivity contribution in [2.75, 3.05) is 0 Å². The molecule has 0 aliphatic rings. The molecule has 0 amide bonds. The fourth-order valence-electron chi connectivity index (χ4n) is 1.11. The van der Waals surface area contributed by atoms with Gasteiger partial charge in [-0.2, -0.15) is 9.98 Å². The van der Waals surface area contributed by atoms with Gasteiger partial charge in [-0.15, -0.1) is 0 Å². The van der Waals surface area contributed by atoms with E-state index in [1.165, 1.54) is 25.1 Å². The lowest BCUT2D eigenvalue weighted by Gasteiger charge is -2.08. The predicted molar refractivity (Wildman–Crippen MR) is 61.6 cm³/mol. The summed E-state index contributed by atoms with van der Waals surface area (Å²) in [4.78, 5) is 0.108. The number of nitriles is 1. The fourth-order valence-corrected chi connectivity index (χ4v) is 2.46. The number of hydrogen-bond donors (Lipinski definition) is 1. The molecule has 86 valence electrons. The molecule has 0 aliphatic heterocycles. The van der Waals surface area contributed by atoms with Crippen LogP contribution in [0.15, 0.2) is 23.1 Å². The minimum Gasteiger partial charge on any atom is -0.207 e. The molecule has 0 saturated heterocycles. The Bertz CT molecular complexity index is 534. The summed E-state index contributed by atoms with van der Waals surface area (Å²) in [5.74, 6) is 0. The van der Waals surface area contributed by atoms with Crippen molar-refractivity contribution in [1.82, 2.24) is 4.72 Å². The molecule has 16 heavy (non-hydrogen) atoms. The largest absolute Gasteiger partial charge is 0.241 e. The highest BCUT2D eigenvalue weighted by atomic mass is 35.5. The molecule has 6 heteroatoms. The SMILES string of the molecule is Cc1cc(S(=O)(=O)NC(C)C#N)ccc1Cl. The van der Waals surface area contributed by atoms with E-state index in [9.17, 15) is 8.42 Å². The van der Waals surface area contributed by atoms with Crippen molar-refractivity contribution in [3.63, 3.8) is 0 Å². The van der Waals surface area contributed by atoms with Crippen LogP contribution < -0.4 is 4.72 Å². The van der Waals surface area contributed by atoms with Gasteiger partial charge >= 0.3 is 0 Å². The Morgan fingerprint density at radius 1 is 1.50 bits per heavy atom. The first-order valence-corrected chi connectivity index (χ1v) is 6.41. The molecule has 0 saturated carbocycles. The smallest absolute Gasteiger partial charge is 0.207 e. The first kappa shape index (κ1) is 13.0. The molecule has 0 spiro atoms. The van der Waals surface area contributed by atoms with Crippen molar-refractivity contribution in [3.8, 4) is 6.07 Å². The zero-order chi connectivity index (χ0) is 12.3. The molecule has 0 radical (unpaired) electrons. The summed E-state index contributed by atoms with van der Waals surface area (Å²) in [5.41, 5.74) is 0.675. The molecular formula is C10H11ClN2O2S. The average molecular weight is 259 g/mol. The van der Waals surface area contributed by atoms with Crippen LogP contribution in [0.1, 0.15) is 12.5 Å². The van der Waals surface area contributed by atoms with Crippen molar-refractivity contribution >= 4 is 21.6 Å². The maximum Gasteiger partial charge on any atom is 0.241 e. The van der Waals surface area contributed by atoms with E-state index in [1.807, 2.05) is 0 Å². The summed E-state index contributed by atoms with van der Waals surface area (Å²) in [5, 5.41) is 9.05. The molecule has 1 rings (SSSR count). The summed E-state index contributed by atoms with van der Waals surface area (Å²) in [6.07, 6.45) is 0. The van der Waals surface area contributed by atoms with Crippen molar-refractivity contribution in [2.24, 2.45) is 0 Å². The molecule has 1 atom stereocenters. The van der Waals surface area contributed by atoms with E-state index < -0.39 is 16.1 Å². The zero-order valence-electron chi connectivity index (χ0n) is 8.86. The molecule has 1 unspecified atom stereocenters. The minimum absolute atomic E-state index is 0.108. The van der Waals surface area contributed by atoms with Crippen LogP contribution in [0, 0.1) is 18.3 Å². The van der Waals surface area contributed by atoms with E-state index in [2.05, 4.69) is 4.72 Å². The van der Waals surface area contributed by atoms with Gasteiger partial charge in [0.15, 0.2) is 0 Å². The Labute approximate surface area is 99.9 Å². The molecule has 1 aromatic rings. The van der Waals surface area contributed by atoms with Crippen LogP contribution >= 0.6 is 11.6 Å². The number of nitrogens with zero attached hydrogens (tertiary/aromatic N) is 1. The highest BCUT2D eigenvalue weighted by Crippen LogP contribution is 2.19. The summed E-state index contributed by atoms with van der Waals surface area (Å²) in [6, 6.07) is 5.43. The zero-order valence-corrected chi connectivity index (χ0v) is 10.4. The van der Waals surface area contributed by atoms with Crippen LogP contribution in [-0.4, -0.2) is 14.5 Å². The third kappa shape index (κ3) is 2.95. The van der Waals surface area contributed by atoms with Gasteiger partial charge in [0, 0.05) is 5.02 Å². The first-order valence-electron chi connectivity index (χ1n) is 4.55. The molecular weight excluding hydrogens is 248 g/mol. The van der Waals surface area contributed by atoms with Crippen molar-refractivity contribution < 1.29 is 8.42 Å². The van der Waals surface area contributed by atoms with Gasteiger partial charge in [0.2, 0.25) is 10.0 Å². The minimum atomic E-state index is -3.64. The van der Waals surface area contributed by atoms with E-state index in [4.69, 9.17) is 16.9 Å². The Hall–Kier alpha value is -1.09. The molecule has 0 heterocycles. The summed E-state index contributed by atoms with van der Waals surface area (Å²) >= 11 is 5.80. The molecule has 4 nitrogen and oxygen atoms in total. The standard InChI is InChI=1S/C10H11ClN2O2S/c1-7-5-9(3-4-10(7)11)16(14,15)13-8(2)6-12/h3-5,8,13H,1-2H3. The number of aryl methyl sites for hydroxylation is 1. The molecule has 0 bridgehead atoms. The highest BCUT2D eigenvalue weighted by Gasteiger charge is 2.17. The number of benzene rings is 1. The van der Waals surface area contributed by atoms with Gasteiger partial charge in [0.05, 0.1) is 11.0 Å². The fraction of sp³-hybridized carbons (Fsp3) is 0.300. The van der Waals surface area contributed by atoms with E-state index in [0.717, 1.165) is 0 Å². The van der Waals surface area contributed by atoms with Crippen molar-refractivity contribution in [1.29, 1.82) is 5.26 Å². The number of hydrogen-bond acceptors (Lipinski definition) is 3. The summed E-state index contributed by atoms with van der Waals surface area (Å²) in [7, 11) is -3.64. The van der Waals surface area contributed by atoms with Crippen LogP contribution in [0.3, 0.4) is 0 Å². The average Bonchev–Trinajstić information content (AvgIpc) is 2.21. The van der Waals surface area contributed by atoms with E-state index in [-0.39, 0.29) is 4.90 Å². The monoisotopic (exact) mass is 258 g/mol. The molecule has 1 aromatic carbocycles. The lowest BCUT2D eigenvalue weighted by Crippen LogP contribution is -2.31. The maximum atomic E-state index is 11.8. The number of nitrogens with one attached hydrogen (secondary N) is 1. The quantitative estimate of drug-likeness (QED) is 0.899. The second-order valence-electron chi connectivity index (χ2n) is 3.38. The van der Waals surface area contributed by atoms with Crippen LogP contribution in [0.4, 0.5) is 0 Å². The van der Waals surface area contributed by atoms with Crippen LogP contribution in [0.5, 0.6) is 0 Å². The van der Waals surface area contributed by atoms with Gasteiger partial charge in [0.25, 0.3) is 0 Å². The van der Waals surface area contributed by atoms with Crippen LogP contribution in [0.25, 0.3) is 0 Å². The van der Waals surface area contributed by atoms with Gasteiger partial charge in [-0.1, -0.05) is 11.6 Å². The predicted octanol–water partition coefficient (Wildman–Crippen LogP) is 1.84. The molecule has 1 N–H and O–H groups in total. The Morgan fingerprint density at radius 2 is 2.12 bits per heavy atom. The lowest BCUT2D eigenvalue weighted by atomic mass is 10.2. The Morgan fingerprint density at radius 3 is 2.62 bits per heavy atom. The van der Waals surface area contributed by atoms with Gasteiger partial charge in [-0.05, 0) is 37.6 Å². The number of sulfonamides is 1. The van der Waals surface area contributed by atoms with Crippen LogP contribution in [0.2, 0.25) is 5.02 Å². The van der Waals surface area contributed by atoms with Gasteiger partial charge in [-0.3, -0.25) is 0 Å². The second kappa shape index (κ2) is 4.83. The van der Waals surface area contributed by atoms with Crippen LogP contribution in [-0.2, 0) is 10.0 Å². The Kier molecular flexibility index (Phi) is 3.92. The Balaban J connectivity index is 3.09. The molecule has 0 aliphatic carbocycles. The third-order valence-electron chi connectivity index (χ3n) is 1.97. The number of rotatable bonds is 3. The number of halogens is 1. The lowest BCUT2D eigenvalue weighted by molar-refractivity contribution is 0.577. The van der Waals surface area contributed by atoms with E-state index >= 15 is 0 Å². The maximum absolute atomic E-state index is 11.8. The second-order valence-corrected chi connectivity index (χ2v) is 5.50. The van der Waals surface area contributed by atoms with Crippen molar-refractivity contribution in [2.45, 2.75) is 24.8 Å². The summed E-state index contributed by atoms with van der Waals surface area (Å²) in [6.45, 7) is 3.19. The molecule has 0 fully saturated rings. The van der Waals surface area contributed by atoms with Gasteiger partial charge < -0.3 is 0 Å².